The van der Waals surface area contributed by atoms with E-state index in [-0.39, 0.29) is 11.7 Å². The number of aromatic amines is 1. The average molecular weight is 473 g/mol. The van der Waals surface area contributed by atoms with Crippen molar-refractivity contribution >= 4 is 5.91 Å². The van der Waals surface area contributed by atoms with Gasteiger partial charge in [-0.3, -0.25) is 9.48 Å². The van der Waals surface area contributed by atoms with Crippen LogP contribution in [0.5, 0.6) is 5.75 Å². The zero-order valence-corrected chi connectivity index (χ0v) is 18.2. The van der Waals surface area contributed by atoms with Crippen molar-refractivity contribution in [2.24, 2.45) is 5.92 Å². The zero-order valence-electron chi connectivity index (χ0n) is 18.2. The van der Waals surface area contributed by atoms with Gasteiger partial charge in [0.1, 0.15) is 11.4 Å². The van der Waals surface area contributed by atoms with Crippen LogP contribution in [0.2, 0.25) is 0 Å². The molecule has 1 saturated carbocycles. The van der Waals surface area contributed by atoms with E-state index in [4.69, 9.17) is 9.84 Å². The summed E-state index contributed by atoms with van der Waals surface area (Å²) in [5.74, 6) is 0.924. The van der Waals surface area contributed by atoms with Crippen molar-refractivity contribution in [2.75, 3.05) is 6.61 Å². The molecule has 2 aliphatic carbocycles. The third kappa shape index (κ3) is 3.70. The Labute approximate surface area is 192 Å². The van der Waals surface area contributed by atoms with Gasteiger partial charge < -0.3 is 10.1 Å². The largest absolute Gasteiger partial charge is 0.484 e. The van der Waals surface area contributed by atoms with E-state index in [9.17, 15) is 18.0 Å². The van der Waals surface area contributed by atoms with E-state index in [1.54, 1.807) is 12.1 Å². The predicted molar refractivity (Wildman–Crippen MR) is 112 cm³/mol. The molecule has 34 heavy (non-hydrogen) atoms. The van der Waals surface area contributed by atoms with Gasteiger partial charge in [0.25, 0.3) is 5.91 Å². The molecule has 3 aliphatic rings. The molecule has 178 valence electrons. The standard InChI is InChI=1S/C22H22F3N7O2/c23-22(24,25)11-34-14-3-4-15-13(9-14)5-7-21(15)10-16-17(20(33)26-21)18(19-27-30-31-28-19)32(29-16)8-6-12-1-2-12/h3-4,9,12H,1-2,5-8,10-11H2,(H,26,33)(H,27,28,30,31)/t21-/m0/s1. The van der Waals surface area contributed by atoms with Gasteiger partial charge in [-0.1, -0.05) is 18.9 Å². The lowest BCUT2D eigenvalue weighted by Crippen LogP contribution is -2.49. The second-order valence-electron chi connectivity index (χ2n) is 9.30. The Bertz CT molecular complexity index is 1250. The van der Waals surface area contributed by atoms with Gasteiger partial charge in [-0.15, -0.1) is 10.2 Å². The van der Waals surface area contributed by atoms with E-state index in [2.05, 4.69) is 25.9 Å². The smallest absolute Gasteiger partial charge is 0.422 e. The van der Waals surface area contributed by atoms with E-state index in [0.717, 1.165) is 17.5 Å². The van der Waals surface area contributed by atoms with Crippen LogP contribution in [0.3, 0.4) is 0 Å². The number of halogens is 3. The number of aromatic nitrogens is 6. The normalized spacial score (nSPS) is 21.4. The number of hydrogen-bond acceptors (Lipinski definition) is 6. The molecule has 0 bridgehead atoms. The van der Waals surface area contributed by atoms with Crippen molar-refractivity contribution in [3.05, 3.63) is 40.6 Å². The first-order chi connectivity index (χ1) is 16.3. The third-order valence-electron chi connectivity index (χ3n) is 6.89. The molecule has 1 fully saturated rings. The molecule has 12 heteroatoms. The molecule has 6 rings (SSSR count). The fraction of sp³-hybridized carbons (Fsp3) is 0.500. The molecular weight excluding hydrogens is 451 g/mol. The summed E-state index contributed by atoms with van der Waals surface area (Å²) in [6, 6.07) is 4.91. The minimum Gasteiger partial charge on any atom is -0.484 e. The van der Waals surface area contributed by atoms with Gasteiger partial charge >= 0.3 is 6.18 Å². The number of ether oxygens (including phenoxy) is 1. The van der Waals surface area contributed by atoms with Crippen LogP contribution in [0.4, 0.5) is 13.2 Å². The maximum atomic E-state index is 13.4. The van der Waals surface area contributed by atoms with Crippen LogP contribution in [0.25, 0.3) is 11.5 Å². The van der Waals surface area contributed by atoms with Gasteiger partial charge in [-0.25, -0.2) is 0 Å². The van der Waals surface area contributed by atoms with E-state index >= 15 is 0 Å². The first kappa shape index (κ1) is 21.1. The second kappa shape index (κ2) is 7.54. The molecule has 3 aromatic rings. The monoisotopic (exact) mass is 473 g/mol. The second-order valence-corrected chi connectivity index (χ2v) is 9.30. The van der Waals surface area contributed by atoms with Gasteiger partial charge in [0.15, 0.2) is 6.61 Å². The van der Waals surface area contributed by atoms with E-state index in [1.165, 1.54) is 18.9 Å². The number of tetrazole rings is 1. The predicted octanol–water partition coefficient (Wildman–Crippen LogP) is 2.93. The summed E-state index contributed by atoms with van der Waals surface area (Å²) in [6.45, 7) is -0.674. The van der Waals surface area contributed by atoms with Gasteiger partial charge in [-0.2, -0.15) is 23.5 Å². The van der Waals surface area contributed by atoms with Crippen molar-refractivity contribution in [2.45, 2.75) is 56.8 Å². The maximum Gasteiger partial charge on any atom is 0.422 e. The van der Waals surface area contributed by atoms with Crippen molar-refractivity contribution in [3.63, 3.8) is 0 Å². The minimum atomic E-state index is -4.40. The summed E-state index contributed by atoms with van der Waals surface area (Å²) < 4.78 is 44.3. The lowest BCUT2D eigenvalue weighted by atomic mass is 9.82. The summed E-state index contributed by atoms with van der Waals surface area (Å²) >= 11 is 0. The number of H-pyrrole nitrogens is 1. The molecule has 1 amide bonds. The minimum absolute atomic E-state index is 0.166. The highest BCUT2D eigenvalue weighted by atomic mass is 19.4. The first-order valence-corrected chi connectivity index (χ1v) is 11.3. The maximum absolute atomic E-state index is 13.4. The lowest BCUT2D eigenvalue weighted by molar-refractivity contribution is -0.153. The van der Waals surface area contributed by atoms with Crippen molar-refractivity contribution in [3.8, 4) is 17.3 Å². The number of benzene rings is 1. The molecule has 1 aromatic carbocycles. The highest BCUT2D eigenvalue weighted by molar-refractivity contribution is 6.02. The first-order valence-electron chi connectivity index (χ1n) is 11.3. The van der Waals surface area contributed by atoms with Crippen LogP contribution in [0.15, 0.2) is 18.2 Å². The molecule has 1 spiro atoms. The molecule has 0 saturated heterocycles. The molecular formula is C22H22F3N7O2. The number of nitrogens with one attached hydrogen (secondary N) is 2. The quantitative estimate of drug-likeness (QED) is 0.570. The van der Waals surface area contributed by atoms with E-state index in [0.29, 0.717) is 54.5 Å². The summed E-state index contributed by atoms with van der Waals surface area (Å²) in [4.78, 5) is 13.4. The fourth-order valence-corrected chi connectivity index (χ4v) is 5.14. The number of rotatable bonds is 6. The molecule has 9 nitrogen and oxygen atoms in total. The van der Waals surface area contributed by atoms with Crippen molar-refractivity contribution < 1.29 is 22.7 Å². The Hall–Kier alpha value is -3.44. The van der Waals surface area contributed by atoms with Crippen LogP contribution in [-0.2, 0) is 24.9 Å². The topological polar surface area (TPSA) is 111 Å². The van der Waals surface area contributed by atoms with Gasteiger partial charge in [0.05, 0.1) is 16.8 Å². The van der Waals surface area contributed by atoms with Gasteiger partial charge in [0.2, 0.25) is 5.82 Å². The average Bonchev–Trinajstić information content (AvgIpc) is 3.17. The molecule has 1 aliphatic heterocycles. The molecule has 0 radical (unpaired) electrons. The third-order valence-corrected chi connectivity index (χ3v) is 6.89. The summed E-state index contributed by atoms with van der Waals surface area (Å²) in [5, 5.41) is 22.3. The Morgan fingerprint density at radius 1 is 1.26 bits per heavy atom. The number of aryl methyl sites for hydroxylation is 2. The van der Waals surface area contributed by atoms with E-state index in [1.807, 2.05) is 4.68 Å². The van der Waals surface area contributed by atoms with E-state index < -0.39 is 18.3 Å². The highest BCUT2D eigenvalue weighted by Crippen LogP contribution is 2.44. The Morgan fingerprint density at radius 3 is 2.85 bits per heavy atom. The summed E-state index contributed by atoms with van der Waals surface area (Å²) in [7, 11) is 0. The highest BCUT2D eigenvalue weighted by Gasteiger charge is 2.47. The van der Waals surface area contributed by atoms with Crippen LogP contribution < -0.4 is 10.1 Å². The lowest BCUT2D eigenvalue weighted by Gasteiger charge is -2.35. The fourth-order valence-electron chi connectivity index (χ4n) is 5.14. The molecule has 0 unspecified atom stereocenters. The zero-order chi connectivity index (χ0) is 23.5. The molecule has 1 atom stereocenters. The number of carbonyl (C=O) groups excluding carboxylic acids is 1. The molecule has 2 aromatic heterocycles. The van der Waals surface area contributed by atoms with Crippen molar-refractivity contribution in [1.82, 2.24) is 35.7 Å². The SMILES string of the molecule is O=C1N[C@@]2(CCc3cc(OCC(F)(F)F)ccc32)Cc2nn(CCC3CC3)c(-c3nn[nH]n3)c21. The number of carbonyl (C=O) groups is 1. The summed E-state index contributed by atoms with van der Waals surface area (Å²) in [5.41, 5.74) is 2.79. The Morgan fingerprint density at radius 2 is 2.12 bits per heavy atom. The van der Waals surface area contributed by atoms with Gasteiger partial charge in [-0.05, 0) is 53.7 Å². The number of amides is 1. The number of hydrogen-bond donors (Lipinski definition) is 2. The summed E-state index contributed by atoms with van der Waals surface area (Å²) in [6.07, 6.45) is 0.730. The Kier molecular flexibility index (Phi) is 4.68. The Balaban J connectivity index is 1.33. The van der Waals surface area contributed by atoms with Gasteiger partial charge in [0, 0.05) is 13.0 Å². The van der Waals surface area contributed by atoms with Crippen LogP contribution in [0, 0.1) is 5.92 Å². The van der Waals surface area contributed by atoms with Crippen molar-refractivity contribution in [1.29, 1.82) is 0 Å². The molecule has 2 N–H and O–H groups in total. The van der Waals surface area contributed by atoms with Crippen LogP contribution >= 0.6 is 0 Å². The molecule has 3 heterocycles. The van der Waals surface area contributed by atoms with Crippen LogP contribution in [-0.4, -0.2) is 49.1 Å². The van der Waals surface area contributed by atoms with Crippen LogP contribution in [0.1, 0.15) is 52.9 Å². The number of nitrogens with zero attached hydrogens (tertiary/aromatic N) is 5. The number of alkyl halides is 3. The number of fused-ring (bicyclic) bond motifs is 3.